The van der Waals surface area contributed by atoms with Crippen molar-refractivity contribution in [3.8, 4) is 17.0 Å². The monoisotopic (exact) mass is 350 g/mol. The van der Waals surface area contributed by atoms with Gasteiger partial charge >= 0.3 is 5.69 Å². The Morgan fingerprint density at radius 3 is 2.42 bits per heavy atom. The van der Waals surface area contributed by atoms with Crippen LogP contribution in [-0.2, 0) is 4.79 Å². The highest BCUT2D eigenvalue weighted by Crippen LogP contribution is 2.19. The molecule has 0 saturated heterocycles. The highest BCUT2D eigenvalue weighted by atomic mass is 16.5. The number of para-hydroxylation sites is 1. The first-order valence-corrected chi connectivity index (χ1v) is 8.04. The number of methoxy groups -OCH3 is 1. The van der Waals surface area contributed by atoms with Gasteiger partial charge in [-0.15, -0.1) is 0 Å². The topological polar surface area (TPSA) is 86.1 Å². The molecular formula is C19H18N4O3. The maximum absolute atomic E-state index is 12.3. The quantitative estimate of drug-likeness (QED) is 0.764. The summed E-state index contributed by atoms with van der Waals surface area (Å²) in [4.78, 5) is 28.7. The number of carbonyl (C=O) groups is 1. The molecule has 1 atom stereocenters. The molecule has 0 fully saturated rings. The molecule has 3 aromatic rings. The van der Waals surface area contributed by atoms with Crippen molar-refractivity contribution in [3.05, 3.63) is 71.3 Å². The third kappa shape index (κ3) is 3.77. The summed E-state index contributed by atoms with van der Waals surface area (Å²) in [5.41, 5.74) is 1.24. The van der Waals surface area contributed by atoms with Gasteiger partial charge < -0.3 is 10.1 Å². The van der Waals surface area contributed by atoms with Crippen LogP contribution < -0.4 is 15.7 Å². The molecule has 7 heteroatoms. The molecule has 132 valence electrons. The number of benzene rings is 2. The maximum Gasteiger partial charge on any atom is 0.365 e. The van der Waals surface area contributed by atoms with E-state index in [0.29, 0.717) is 17.1 Å². The minimum Gasteiger partial charge on any atom is -0.497 e. The predicted octanol–water partition coefficient (Wildman–Crippen LogP) is 2.51. The fraction of sp³-hybridized carbons (Fsp3) is 0.158. The first kappa shape index (κ1) is 17.3. The summed E-state index contributed by atoms with van der Waals surface area (Å²) in [6.45, 7) is 1.60. The van der Waals surface area contributed by atoms with Gasteiger partial charge in [0, 0.05) is 11.3 Å². The van der Waals surface area contributed by atoms with Crippen molar-refractivity contribution in [1.82, 2.24) is 14.8 Å². The van der Waals surface area contributed by atoms with E-state index in [1.807, 2.05) is 18.2 Å². The Morgan fingerprint density at radius 2 is 1.81 bits per heavy atom. The van der Waals surface area contributed by atoms with E-state index >= 15 is 0 Å². The van der Waals surface area contributed by atoms with Crippen LogP contribution in [0, 0.1) is 0 Å². The zero-order chi connectivity index (χ0) is 18.5. The van der Waals surface area contributed by atoms with E-state index in [4.69, 9.17) is 4.74 Å². The molecule has 7 nitrogen and oxygen atoms in total. The van der Waals surface area contributed by atoms with Gasteiger partial charge in [-0.3, -0.25) is 4.79 Å². The standard InChI is InChI=1S/C19H18N4O3/c1-13(18(24)21-15-6-4-3-5-7-15)23-19(25)22-17(12-20-23)14-8-10-16(26-2)11-9-14/h3-13H,1-2H3,(H,21,24)/t13-/m1/s1. The molecule has 0 unspecified atom stereocenters. The van der Waals surface area contributed by atoms with E-state index in [-0.39, 0.29) is 5.91 Å². The number of ether oxygens (including phenoxy) is 1. The fourth-order valence-corrected chi connectivity index (χ4v) is 2.40. The van der Waals surface area contributed by atoms with E-state index in [1.165, 1.54) is 6.20 Å². The van der Waals surface area contributed by atoms with Gasteiger partial charge in [0.15, 0.2) is 0 Å². The van der Waals surface area contributed by atoms with Crippen molar-refractivity contribution < 1.29 is 9.53 Å². The Balaban J connectivity index is 1.80. The molecule has 0 radical (unpaired) electrons. The third-order valence-corrected chi connectivity index (χ3v) is 3.89. The van der Waals surface area contributed by atoms with Crippen molar-refractivity contribution in [2.75, 3.05) is 12.4 Å². The summed E-state index contributed by atoms with van der Waals surface area (Å²) in [7, 11) is 1.58. The molecule has 1 N–H and O–H groups in total. The first-order valence-electron chi connectivity index (χ1n) is 8.04. The second-order valence-corrected chi connectivity index (χ2v) is 5.63. The lowest BCUT2D eigenvalue weighted by molar-refractivity contribution is -0.119. The molecule has 1 aromatic heterocycles. The molecule has 0 aliphatic heterocycles. The van der Waals surface area contributed by atoms with Gasteiger partial charge in [0.2, 0.25) is 5.91 Å². The third-order valence-electron chi connectivity index (χ3n) is 3.89. The smallest absolute Gasteiger partial charge is 0.365 e. The van der Waals surface area contributed by atoms with Crippen LogP contribution in [0.2, 0.25) is 0 Å². The van der Waals surface area contributed by atoms with E-state index in [1.54, 1.807) is 50.4 Å². The minimum absolute atomic E-state index is 0.343. The lowest BCUT2D eigenvalue weighted by Gasteiger charge is -2.13. The van der Waals surface area contributed by atoms with E-state index in [0.717, 1.165) is 10.2 Å². The molecule has 3 rings (SSSR count). The average molecular weight is 350 g/mol. The Labute approximate surface area is 150 Å². The average Bonchev–Trinajstić information content (AvgIpc) is 2.68. The van der Waals surface area contributed by atoms with Gasteiger partial charge in [-0.2, -0.15) is 10.1 Å². The second-order valence-electron chi connectivity index (χ2n) is 5.63. The zero-order valence-electron chi connectivity index (χ0n) is 14.4. The zero-order valence-corrected chi connectivity index (χ0v) is 14.4. The number of hydrogen-bond donors (Lipinski definition) is 1. The molecule has 1 amide bonds. The summed E-state index contributed by atoms with van der Waals surface area (Å²) >= 11 is 0. The van der Waals surface area contributed by atoms with Crippen LogP contribution in [0.1, 0.15) is 13.0 Å². The number of anilines is 1. The minimum atomic E-state index is -0.792. The molecular weight excluding hydrogens is 332 g/mol. The Kier molecular flexibility index (Phi) is 5.07. The number of nitrogens with zero attached hydrogens (tertiary/aromatic N) is 3. The fourth-order valence-electron chi connectivity index (χ4n) is 2.40. The van der Waals surface area contributed by atoms with Crippen LogP contribution in [0.3, 0.4) is 0 Å². The largest absolute Gasteiger partial charge is 0.497 e. The van der Waals surface area contributed by atoms with Gasteiger partial charge in [0.05, 0.1) is 19.0 Å². The number of aromatic nitrogens is 3. The summed E-state index contributed by atoms with van der Waals surface area (Å²) in [6, 6.07) is 15.4. The van der Waals surface area contributed by atoms with Gasteiger partial charge in [-0.1, -0.05) is 18.2 Å². The highest BCUT2D eigenvalue weighted by Gasteiger charge is 2.18. The van der Waals surface area contributed by atoms with Gasteiger partial charge in [-0.25, -0.2) is 9.48 Å². The number of hydrogen-bond acceptors (Lipinski definition) is 5. The molecule has 0 aliphatic carbocycles. The molecule has 26 heavy (non-hydrogen) atoms. The van der Waals surface area contributed by atoms with Crippen molar-refractivity contribution >= 4 is 11.6 Å². The number of amides is 1. The molecule has 0 spiro atoms. The van der Waals surface area contributed by atoms with Gasteiger partial charge in [0.25, 0.3) is 0 Å². The van der Waals surface area contributed by atoms with Crippen LogP contribution in [-0.4, -0.2) is 27.8 Å². The summed E-state index contributed by atoms with van der Waals surface area (Å²) in [5, 5.41) is 6.86. The van der Waals surface area contributed by atoms with Crippen LogP contribution in [0.4, 0.5) is 5.69 Å². The molecule has 2 aromatic carbocycles. The molecule has 0 saturated carbocycles. The molecule has 1 heterocycles. The van der Waals surface area contributed by atoms with Crippen LogP contribution >= 0.6 is 0 Å². The lowest BCUT2D eigenvalue weighted by atomic mass is 10.1. The van der Waals surface area contributed by atoms with Crippen molar-refractivity contribution in [1.29, 1.82) is 0 Å². The molecule has 0 bridgehead atoms. The SMILES string of the molecule is COc1ccc(-c2cnn([C@H](C)C(=O)Nc3ccccc3)c(=O)n2)cc1. The Hall–Kier alpha value is -3.48. The normalized spacial score (nSPS) is 11.6. The van der Waals surface area contributed by atoms with E-state index in [2.05, 4.69) is 15.4 Å². The highest BCUT2D eigenvalue weighted by molar-refractivity contribution is 5.93. The van der Waals surface area contributed by atoms with Crippen molar-refractivity contribution in [2.45, 2.75) is 13.0 Å². The van der Waals surface area contributed by atoms with Crippen molar-refractivity contribution in [3.63, 3.8) is 0 Å². The number of rotatable bonds is 5. The van der Waals surface area contributed by atoms with Crippen LogP contribution in [0.15, 0.2) is 65.6 Å². The molecule has 0 aliphatic rings. The second kappa shape index (κ2) is 7.60. The van der Waals surface area contributed by atoms with E-state index in [9.17, 15) is 9.59 Å². The van der Waals surface area contributed by atoms with Gasteiger partial charge in [-0.05, 0) is 43.3 Å². The van der Waals surface area contributed by atoms with Crippen LogP contribution in [0.5, 0.6) is 5.75 Å². The first-order chi connectivity index (χ1) is 12.6. The van der Waals surface area contributed by atoms with Crippen LogP contribution in [0.25, 0.3) is 11.3 Å². The van der Waals surface area contributed by atoms with Gasteiger partial charge in [0.1, 0.15) is 11.8 Å². The summed E-state index contributed by atoms with van der Waals surface area (Å²) in [6.07, 6.45) is 1.47. The van der Waals surface area contributed by atoms with E-state index < -0.39 is 11.7 Å². The lowest BCUT2D eigenvalue weighted by Crippen LogP contribution is -2.34. The van der Waals surface area contributed by atoms with Crippen molar-refractivity contribution in [2.24, 2.45) is 0 Å². The maximum atomic E-state index is 12.3. The number of carbonyl (C=O) groups excluding carboxylic acids is 1. The Morgan fingerprint density at radius 1 is 1.12 bits per heavy atom. The number of nitrogens with one attached hydrogen (secondary N) is 1. The summed E-state index contributed by atoms with van der Waals surface area (Å²) in [5.74, 6) is 0.367. The summed E-state index contributed by atoms with van der Waals surface area (Å²) < 4.78 is 6.17. The predicted molar refractivity (Wildman–Crippen MR) is 98.1 cm³/mol. The Bertz CT molecular complexity index is 953.